The van der Waals surface area contributed by atoms with Gasteiger partial charge in [-0.2, -0.15) is 13.2 Å². The summed E-state index contributed by atoms with van der Waals surface area (Å²) < 4.78 is 52.5. The summed E-state index contributed by atoms with van der Waals surface area (Å²) in [7, 11) is 0. The van der Waals surface area contributed by atoms with E-state index < -0.39 is 29.5 Å². The summed E-state index contributed by atoms with van der Waals surface area (Å²) in [6.45, 7) is 0. The minimum Gasteiger partial charge on any atom is -0.481 e. The molecule has 3 rings (SSSR count). The van der Waals surface area contributed by atoms with Gasteiger partial charge in [0.05, 0.1) is 0 Å². The minimum absolute atomic E-state index is 0.0624. The minimum atomic E-state index is -5.25. The van der Waals surface area contributed by atoms with Crippen molar-refractivity contribution < 1.29 is 42.4 Å². The number of carboxylic acid groups (broad SMARTS) is 2. The zero-order chi connectivity index (χ0) is 22.1. The van der Waals surface area contributed by atoms with Crippen molar-refractivity contribution in [2.75, 3.05) is 0 Å². The normalized spacial score (nSPS) is 18.1. The highest BCUT2D eigenvalue weighted by molar-refractivity contribution is 6.30. The fourth-order valence-electron chi connectivity index (χ4n) is 2.87. The van der Waals surface area contributed by atoms with Crippen LogP contribution in [0.15, 0.2) is 48.0 Å². The van der Waals surface area contributed by atoms with Crippen molar-refractivity contribution in [3.05, 3.63) is 64.2 Å². The summed E-state index contributed by atoms with van der Waals surface area (Å²) in [5, 5.41) is 18.4. The molecule has 2 aromatic carbocycles. The summed E-state index contributed by atoms with van der Waals surface area (Å²) in [6.07, 6.45) is -4.43. The fourth-order valence-corrected chi connectivity index (χ4v) is 3.05. The van der Waals surface area contributed by atoms with Gasteiger partial charge in [0.2, 0.25) is 0 Å². The van der Waals surface area contributed by atoms with Gasteiger partial charge in [-0.05, 0) is 48.4 Å². The second-order valence-corrected chi connectivity index (χ2v) is 6.84. The van der Waals surface area contributed by atoms with Crippen LogP contribution in [-0.2, 0) is 16.0 Å². The average Bonchev–Trinajstić information content (AvgIpc) is 2.66. The maximum absolute atomic E-state index is 14.1. The Morgan fingerprint density at radius 1 is 1.10 bits per heavy atom. The van der Waals surface area contributed by atoms with Crippen molar-refractivity contribution in [3.8, 4) is 11.5 Å². The maximum Gasteiger partial charge on any atom is 0.473 e. The van der Waals surface area contributed by atoms with E-state index >= 15 is 0 Å². The Balaban J connectivity index is 2.02. The third-order valence-electron chi connectivity index (χ3n) is 4.30. The molecular formula is C20H14ClF3O6. The van der Waals surface area contributed by atoms with E-state index in [1.165, 1.54) is 42.5 Å². The summed E-state index contributed by atoms with van der Waals surface area (Å²) in [5.41, 5.74) is -0.545. The lowest BCUT2D eigenvalue weighted by atomic mass is 9.97. The van der Waals surface area contributed by atoms with Gasteiger partial charge in [-0.25, -0.2) is 4.79 Å². The lowest BCUT2D eigenvalue weighted by molar-refractivity contribution is -0.304. The molecule has 10 heteroatoms. The fraction of sp³-hybridized carbons (Fsp3) is 0.200. The topological polar surface area (TPSA) is 93.1 Å². The van der Waals surface area contributed by atoms with Crippen LogP contribution in [0.25, 0.3) is 6.08 Å². The lowest BCUT2D eigenvalue weighted by Crippen LogP contribution is -2.59. The molecule has 2 aromatic rings. The molecule has 0 fully saturated rings. The van der Waals surface area contributed by atoms with E-state index in [0.29, 0.717) is 5.56 Å². The molecule has 0 aromatic heterocycles. The molecule has 0 aliphatic carbocycles. The van der Waals surface area contributed by atoms with Gasteiger partial charge in [-0.15, -0.1) is 0 Å². The van der Waals surface area contributed by atoms with Crippen LogP contribution in [0.2, 0.25) is 5.02 Å². The number of hydrogen-bond donors (Lipinski definition) is 2. The second kappa shape index (κ2) is 7.91. The number of rotatable bonds is 6. The Kier molecular flexibility index (Phi) is 5.67. The predicted octanol–water partition coefficient (Wildman–Crippen LogP) is 4.56. The van der Waals surface area contributed by atoms with E-state index in [4.69, 9.17) is 26.2 Å². The van der Waals surface area contributed by atoms with Crippen molar-refractivity contribution in [1.82, 2.24) is 0 Å². The maximum atomic E-state index is 14.1. The highest BCUT2D eigenvalue weighted by Gasteiger charge is 2.66. The Bertz CT molecular complexity index is 1020. The first kappa shape index (κ1) is 21.5. The Hall–Kier alpha value is -3.20. The van der Waals surface area contributed by atoms with E-state index in [-0.39, 0.29) is 34.9 Å². The molecule has 1 aliphatic rings. The molecule has 30 heavy (non-hydrogen) atoms. The molecule has 2 N–H and O–H groups in total. The van der Waals surface area contributed by atoms with Gasteiger partial charge < -0.3 is 19.7 Å². The summed E-state index contributed by atoms with van der Waals surface area (Å²) in [5.74, 6) is -7.05. The van der Waals surface area contributed by atoms with E-state index in [0.717, 1.165) is 6.08 Å². The standard InChI is InChI=1S/C20H14ClF3O6/c21-13-4-7-16-12(9-13)10-15(18(27)28)19(30-16,20(22,23)24)29-14-5-1-11(2-6-14)3-8-17(25)26/h1-2,4-7,9-10H,3,8H2,(H,25,26)(H,27,28). The molecular weight excluding hydrogens is 429 g/mol. The summed E-state index contributed by atoms with van der Waals surface area (Å²) in [6, 6.07) is 8.92. The van der Waals surface area contributed by atoms with Gasteiger partial charge in [-0.3, -0.25) is 4.79 Å². The Morgan fingerprint density at radius 3 is 2.33 bits per heavy atom. The van der Waals surface area contributed by atoms with Crippen LogP contribution in [0.5, 0.6) is 11.5 Å². The molecule has 0 saturated carbocycles. The molecule has 0 amide bonds. The molecule has 158 valence electrons. The number of halogens is 4. The number of benzene rings is 2. The molecule has 0 spiro atoms. The SMILES string of the molecule is O=C(O)CCc1ccc(OC2(C(F)(F)F)Oc3ccc(Cl)cc3C=C2C(=O)O)cc1. The first-order chi connectivity index (χ1) is 14.0. The van der Waals surface area contributed by atoms with Gasteiger partial charge in [0.1, 0.15) is 17.1 Å². The van der Waals surface area contributed by atoms with Gasteiger partial charge in [0, 0.05) is 17.0 Å². The van der Waals surface area contributed by atoms with E-state index in [1.54, 1.807) is 0 Å². The molecule has 0 saturated heterocycles. The van der Waals surface area contributed by atoms with Gasteiger partial charge in [-0.1, -0.05) is 23.7 Å². The predicted molar refractivity (Wildman–Crippen MR) is 99.5 cm³/mol. The molecule has 1 unspecified atom stereocenters. The van der Waals surface area contributed by atoms with Crippen LogP contribution in [0, 0.1) is 0 Å². The number of aliphatic carboxylic acids is 2. The smallest absolute Gasteiger partial charge is 0.473 e. The van der Waals surface area contributed by atoms with E-state index in [1.807, 2.05) is 0 Å². The van der Waals surface area contributed by atoms with Gasteiger partial charge >= 0.3 is 23.9 Å². The number of aryl methyl sites for hydroxylation is 1. The number of hydrogen-bond acceptors (Lipinski definition) is 4. The number of ether oxygens (including phenoxy) is 2. The Morgan fingerprint density at radius 2 is 1.77 bits per heavy atom. The zero-order valence-corrected chi connectivity index (χ0v) is 15.8. The van der Waals surface area contributed by atoms with Crippen molar-refractivity contribution >= 4 is 29.6 Å². The van der Waals surface area contributed by atoms with Crippen LogP contribution < -0.4 is 9.47 Å². The quantitative estimate of drug-likeness (QED) is 0.681. The second-order valence-electron chi connectivity index (χ2n) is 6.40. The molecule has 0 radical (unpaired) electrons. The monoisotopic (exact) mass is 442 g/mol. The molecule has 1 heterocycles. The van der Waals surface area contributed by atoms with Crippen molar-refractivity contribution in [2.24, 2.45) is 0 Å². The Labute approximate surface area is 173 Å². The van der Waals surface area contributed by atoms with Crippen LogP contribution in [0.4, 0.5) is 13.2 Å². The molecule has 1 aliphatic heterocycles. The molecule has 1 atom stereocenters. The van der Waals surface area contributed by atoms with Crippen molar-refractivity contribution in [1.29, 1.82) is 0 Å². The summed E-state index contributed by atoms with van der Waals surface area (Å²) >= 11 is 5.83. The third kappa shape index (κ3) is 4.20. The van der Waals surface area contributed by atoms with Crippen molar-refractivity contribution in [3.63, 3.8) is 0 Å². The first-order valence-corrected chi connectivity index (χ1v) is 8.90. The van der Waals surface area contributed by atoms with Gasteiger partial charge in [0.15, 0.2) is 0 Å². The highest BCUT2D eigenvalue weighted by Crippen LogP contribution is 2.46. The summed E-state index contributed by atoms with van der Waals surface area (Å²) in [4.78, 5) is 22.3. The lowest BCUT2D eigenvalue weighted by Gasteiger charge is -2.38. The van der Waals surface area contributed by atoms with Crippen LogP contribution in [0.3, 0.4) is 0 Å². The largest absolute Gasteiger partial charge is 0.481 e. The third-order valence-corrected chi connectivity index (χ3v) is 4.53. The average molecular weight is 443 g/mol. The van der Waals surface area contributed by atoms with Crippen LogP contribution in [0.1, 0.15) is 17.5 Å². The molecule has 0 bridgehead atoms. The first-order valence-electron chi connectivity index (χ1n) is 8.52. The highest BCUT2D eigenvalue weighted by atomic mass is 35.5. The van der Waals surface area contributed by atoms with Crippen molar-refractivity contribution in [2.45, 2.75) is 24.8 Å². The number of fused-ring (bicyclic) bond motifs is 1. The van der Waals surface area contributed by atoms with Crippen LogP contribution in [-0.4, -0.2) is 34.1 Å². The number of alkyl halides is 3. The van der Waals surface area contributed by atoms with Gasteiger partial charge in [0.25, 0.3) is 0 Å². The number of carbonyl (C=O) groups is 2. The van der Waals surface area contributed by atoms with Crippen LogP contribution >= 0.6 is 11.6 Å². The molecule has 6 nitrogen and oxygen atoms in total. The van der Waals surface area contributed by atoms with E-state index in [9.17, 15) is 27.9 Å². The number of carboxylic acids is 2. The zero-order valence-electron chi connectivity index (χ0n) is 15.1. The van der Waals surface area contributed by atoms with E-state index in [2.05, 4.69) is 0 Å².